The van der Waals surface area contributed by atoms with Gasteiger partial charge in [0, 0.05) is 12.1 Å². The van der Waals surface area contributed by atoms with E-state index in [9.17, 15) is 15.4 Å². The van der Waals surface area contributed by atoms with Crippen LogP contribution in [-0.4, -0.2) is 14.7 Å². The number of aryl methyl sites for hydroxylation is 1. The van der Waals surface area contributed by atoms with Gasteiger partial charge in [-0.15, -0.1) is 0 Å². The van der Waals surface area contributed by atoms with E-state index in [1.807, 2.05) is 37.3 Å². The van der Waals surface area contributed by atoms with Crippen LogP contribution in [0.15, 0.2) is 66.1 Å². The number of aromatic nitrogens is 2. The van der Waals surface area contributed by atoms with Gasteiger partial charge in [-0.1, -0.05) is 42.5 Å². The summed E-state index contributed by atoms with van der Waals surface area (Å²) >= 11 is 0. The van der Waals surface area contributed by atoms with Gasteiger partial charge in [-0.2, -0.15) is 10.4 Å². The Kier molecular flexibility index (Phi) is 4.49. The van der Waals surface area contributed by atoms with Gasteiger partial charge in [0.05, 0.1) is 28.6 Å². The van der Waals surface area contributed by atoms with Crippen molar-refractivity contribution in [1.82, 2.24) is 9.78 Å². The molecule has 2 heterocycles. The van der Waals surface area contributed by atoms with E-state index in [1.54, 1.807) is 16.8 Å². The van der Waals surface area contributed by atoms with Gasteiger partial charge in [0.1, 0.15) is 11.6 Å². The average Bonchev–Trinajstić information content (AvgIpc) is 3.02. The number of nitrogens with two attached hydrogens (primary N) is 1. The van der Waals surface area contributed by atoms with Gasteiger partial charge in [0.2, 0.25) is 11.8 Å². The second kappa shape index (κ2) is 7.13. The number of hydrogen-bond donors (Lipinski definition) is 1. The molecule has 2 aromatic carbocycles. The number of allylic oxidation sites excluding steroid dienone is 1. The number of nitro groups is 1. The van der Waals surface area contributed by atoms with Gasteiger partial charge in [-0.25, -0.2) is 4.68 Å². The number of fused-ring (bicyclic) bond motifs is 1. The summed E-state index contributed by atoms with van der Waals surface area (Å²) in [5, 5.41) is 25.3. The van der Waals surface area contributed by atoms with Crippen LogP contribution in [0.5, 0.6) is 5.88 Å². The molecule has 0 saturated carbocycles. The van der Waals surface area contributed by atoms with Crippen molar-refractivity contribution in [3.05, 3.63) is 98.6 Å². The van der Waals surface area contributed by atoms with E-state index in [4.69, 9.17) is 10.5 Å². The van der Waals surface area contributed by atoms with E-state index in [-0.39, 0.29) is 17.1 Å². The maximum Gasteiger partial charge on any atom is 0.269 e. The van der Waals surface area contributed by atoms with E-state index < -0.39 is 10.8 Å². The first-order valence-corrected chi connectivity index (χ1v) is 8.92. The fourth-order valence-corrected chi connectivity index (χ4v) is 3.56. The number of benzene rings is 2. The molecule has 4 rings (SSSR count). The van der Waals surface area contributed by atoms with Crippen molar-refractivity contribution in [2.45, 2.75) is 19.4 Å². The third-order valence-electron chi connectivity index (χ3n) is 4.91. The molecule has 144 valence electrons. The fraction of sp³-hybridized carbons (Fsp3) is 0.143. The van der Waals surface area contributed by atoms with Gasteiger partial charge in [-0.05, 0) is 18.1 Å². The van der Waals surface area contributed by atoms with E-state index in [0.29, 0.717) is 23.7 Å². The zero-order valence-electron chi connectivity index (χ0n) is 15.6. The van der Waals surface area contributed by atoms with E-state index in [1.165, 1.54) is 12.1 Å². The quantitative estimate of drug-likeness (QED) is 0.541. The Bertz CT molecular complexity index is 1160. The van der Waals surface area contributed by atoms with Crippen molar-refractivity contribution in [3.8, 4) is 11.9 Å². The summed E-state index contributed by atoms with van der Waals surface area (Å²) in [5.74, 6) is -0.0159. The predicted molar refractivity (Wildman–Crippen MR) is 105 cm³/mol. The lowest BCUT2D eigenvalue weighted by Crippen LogP contribution is -2.22. The normalized spacial score (nSPS) is 15.4. The second-order valence-electron chi connectivity index (χ2n) is 6.72. The Morgan fingerprint density at radius 3 is 2.55 bits per heavy atom. The Morgan fingerprint density at radius 2 is 1.93 bits per heavy atom. The van der Waals surface area contributed by atoms with Crippen molar-refractivity contribution in [2.75, 3.05) is 0 Å². The summed E-state index contributed by atoms with van der Waals surface area (Å²) in [7, 11) is 0. The summed E-state index contributed by atoms with van der Waals surface area (Å²) in [5.41, 5.74) is 9.50. The molecule has 1 aliphatic rings. The molecule has 0 saturated heterocycles. The molecule has 0 fully saturated rings. The maximum atomic E-state index is 11.0. The van der Waals surface area contributed by atoms with E-state index in [0.717, 1.165) is 11.1 Å². The van der Waals surface area contributed by atoms with Crippen LogP contribution >= 0.6 is 0 Å². The van der Waals surface area contributed by atoms with Crippen LogP contribution in [0.1, 0.15) is 28.3 Å². The lowest BCUT2D eigenvalue weighted by molar-refractivity contribution is -0.384. The van der Waals surface area contributed by atoms with Gasteiger partial charge in [0.15, 0.2) is 0 Å². The summed E-state index contributed by atoms with van der Waals surface area (Å²) in [6.45, 7) is 2.33. The molecule has 8 nitrogen and oxygen atoms in total. The smallest absolute Gasteiger partial charge is 0.269 e. The standard InChI is InChI=1S/C21H17N5O3/c1-13-18-19(15-7-9-16(10-8-15)26(27)28)17(11-22)20(23)29-21(18)25(24-13)12-14-5-3-2-4-6-14/h2-10,19H,12,23H2,1H3/t19-/m1/s1. The Hall–Kier alpha value is -4.12. The van der Waals surface area contributed by atoms with Crippen molar-refractivity contribution >= 4 is 5.69 Å². The molecular formula is C21H17N5O3. The first-order valence-electron chi connectivity index (χ1n) is 8.92. The molecule has 0 spiro atoms. The van der Waals surface area contributed by atoms with Crippen LogP contribution in [0.3, 0.4) is 0 Å². The Morgan fingerprint density at radius 1 is 1.24 bits per heavy atom. The molecule has 29 heavy (non-hydrogen) atoms. The molecular weight excluding hydrogens is 370 g/mol. The van der Waals surface area contributed by atoms with Crippen LogP contribution in [-0.2, 0) is 6.54 Å². The fourth-order valence-electron chi connectivity index (χ4n) is 3.56. The van der Waals surface area contributed by atoms with Crippen LogP contribution in [0.2, 0.25) is 0 Å². The number of rotatable bonds is 4. The van der Waals surface area contributed by atoms with Crippen LogP contribution in [0.25, 0.3) is 0 Å². The third-order valence-corrected chi connectivity index (χ3v) is 4.91. The molecule has 8 heteroatoms. The molecule has 3 aromatic rings. The third kappa shape index (κ3) is 3.19. The van der Waals surface area contributed by atoms with Crippen molar-refractivity contribution < 1.29 is 9.66 Å². The molecule has 0 amide bonds. The molecule has 1 atom stereocenters. The minimum absolute atomic E-state index is 0.0116. The highest BCUT2D eigenvalue weighted by Gasteiger charge is 2.35. The summed E-state index contributed by atoms with van der Waals surface area (Å²) in [6.07, 6.45) is 0. The molecule has 2 N–H and O–H groups in total. The summed E-state index contributed by atoms with van der Waals surface area (Å²) in [4.78, 5) is 10.5. The zero-order valence-corrected chi connectivity index (χ0v) is 15.6. The topological polar surface area (TPSA) is 120 Å². The number of non-ortho nitro benzene ring substituents is 1. The number of nitrogens with zero attached hydrogens (tertiary/aromatic N) is 4. The monoisotopic (exact) mass is 387 g/mol. The number of hydrogen-bond acceptors (Lipinski definition) is 6. The number of ether oxygens (including phenoxy) is 1. The SMILES string of the molecule is Cc1nn(Cc2ccccc2)c2c1[C@H](c1ccc([N+](=O)[O-])cc1)C(C#N)=C(N)O2. The Balaban J connectivity index is 1.82. The van der Waals surface area contributed by atoms with Gasteiger partial charge in [0.25, 0.3) is 5.69 Å². The number of nitro benzene ring substituents is 1. The predicted octanol–water partition coefficient (Wildman–Crippen LogP) is 3.37. The van der Waals surface area contributed by atoms with Crippen molar-refractivity contribution in [3.63, 3.8) is 0 Å². The molecule has 1 aliphatic heterocycles. The first kappa shape index (κ1) is 18.3. The van der Waals surface area contributed by atoms with Gasteiger partial charge < -0.3 is 10.5 Å². The largest absolute Gasteiger partial charge is 0.422 e. The highest BCUT2D eigenvalue weighted by atomic mass is 16.6. The molecule has 0 bridgehead atoms. The molecule has 1 aromatic heterocycles. The lowest BCUT2D eigenvalue weighted by atomic mass is 9.84. The van der Waals surface area contributed by atoms with Gasteiger partial charge in [-0.3, -0.25) is 10.1 Å². The molecule has 0 radical (unpaired) electrons. The van der Waals surface area contributed by atoms with Gasteiger partial charge >= 0.3 is 0 Å². The van der Waals surface area contributed by atoms with Crippen LogP contribution in [0, 0.1) is 28.4 Å². The maximum absolute atomic E-state index is 11.0. The highest BCUT2D eigenvalue weighted by Crippen LogP contribution is 2.44. The molecule has 0 aliphatic carbocycles. The van der Waals surface area contributed by atoms with Crippen LogP contribution < -0.4 is 10.5 Å². The number of nitriles is 1. The van der Waals surface area contributed by atoms with E-state index in [2.05, 4.69) is 11.2 Å². The highest BCUT2D eigenvalue weighted by molar-refractivity contribution is 5.56. The van der Waals surface area contributed by atoms with Crippen molar-refractivity contribution in [2.24, 2.45) is 5.73 Å². The average molecular weight is 387 g/mol. The van der Waals surface area contributed by atoms with Crippen LogP contribution in [0.4, 0.5) is 5.69 Å². The Labute approximate surface area is 166 Å². The zero-order chi connectivity index (χ0) is 20.5. The first-order chi connectivity index (χ1) is 14.0. The molecule has 0 unspecified atom stereocenters. The minimum atomic E-state index is -0.505. The van der Waals surface area contributed by atoms with Crippen molar-refractivity contribution in [1.29, 1.82) is 5.26 Å². The summed E-state index contributed by atoms with van der Waals surface area (Å²) in [6, 6.07) is 18.0. The minimum Gasteiger partial charge on any atom is -0.422 e. The summed E-state index contributed by atoms with van der Waals surface area (Å²) < 4.78 is 7.52. The van der Waals surface area contributed by atoms with E-state index >= 15 is 0 Å². The lowest BCUT2D eigenvalue weighted by Gasteiger charge is -2.24. The second-order valence-corrected chi connectivity index (χ2v) is 6.72.